The molecule has 1 unspecified atom stereocenters. The van der Waals surface area contributed by atoms with Crippen molar-refractivity contribution in [1.82, 2.24) is 4.98 Å². The lowest BCUT2D eigenvalue weighted by atomic mass is 10.1. The lowest BCUT2D eigenvalue weighted by molar-refractivity contribution is -0.149. The number of fused-ring (bicyclic) bond motifs is 1. The molecular formula is C26H22N2O4S. The molecule has 1 atom stereocenters. The van der Waals surface area contributed by atoms with Crippen molar-refractivity contribution in [3.05, 3.63) is 95.0 Å². The molecule has 0 radical (unpaired) electrons. The summed E-state index contributed by atoms with van der Waals surface area (Å²) in [5, 5.41) is 3.50. The third-order valence-corrected chi connectivity index (χ3v) is 5.86. The maximum absolute atomic E-state index is 13.1. The molecule has 0 aliphatic heterocycles. The molecular weight excluding hydrogens is 436 g/mol. The number of aromatic nitrogens is 1. The molecule has 0 saturated carbocycles. The van der Waals surface area contributed by atoms with Crippen LogP contribution in [0.1, 0.15) is 22.2 Å². The first-order valence-corrected chi connectivity index (χ1v) is 11.1. The Balaban J connectivity index is 1.54. The zero-order valence-corrected chi connectivity index (χ0v) is 19.0. The third kappa shape index (κ3) is 5.45. The SMILES string of the molecule is COc1ccc(C)cc1NC(=O)C(OC(=O)/C=C/c1nc2ccccc2s1)c1ccccc1. The lowest BCUT2D eigenvalue weighted by Crippen LogP contribution is -2.25. The number of hydrogen-bond acceptors (Lipinski definition) is 6. The molecule has 0 aliphatic carbocycles. The van der Waals surface area contributed by atoms with Gasteiger partial charge in [-0.1, -0.05) is 48.5 Å². The Morgan fingerprint density at radius 3 is 2.55 bits per heavy atom. The molecule has 4 aromatic rings. The number of ether oxygens (including phenoxy) is 2. The molecule has 1 N–H and O–H groups in total. The summed E-state index contributed by atoms with van der Waals surface area (Å²) in [5.74, 6) is -0.607. The number of aryl methyl sites for hydroxylation is 1. The molecule has 0 fully saturated rings. The number of anilines is 1. The smallest absolute Gasteiger partial charge is 0.331 e. The number of nitrogens with one attached hydrogen (secondary N) is 1. The van der Waals surface area contributed by atoms with Gasteiger partial charge in [0.1, 0.15) is 10.8 Å². The van der Waals surface area contributed by atoms with Crippen LogP contribution in [0.25, 0.3) is 16.3 Å². The zero-order valence-electron chi connectivity index (χ0n) is 18.1. The Kier molecular flexibility index (Phi) is 6.80. The van der Waals surface area contributed by atoms with Crippen LogP contribution in [0, 0.1) is 6.92 Å². The molecule has 1 amide bonds. The van der Waals surface area contributed by atoms with Crippen molar-refractivity contribution in [2.75, 3.05) is 12.4 Å². The molecule has 1 heterocycles. The highest BCUT2D eigenvalue weighted by atomic mass is 32.1. The van der Waals surface area contributed by atoms with E-state index >= 15 is 0 Å². The van der Waals surface area contributed by atoms with Crippen molar-refractivity contribution in [3.8, 4) is 5.75 Å². The summed E-state index contributed by atoms with van der Waals surface area (Å²) in [7, 11) is 1.53. The Morgan fingerprint density at radius 2 is 1.79 bits per heavy atom. The fourth-order valence-electron chi connectivity index (χ4n) is 3.27. The first-order valence-electron chi connectivity index (χ1n) is 10.3. The lowest BCUT2D eigenvalue weighted by Gasteiger charge is -2.18. The summed E-state index contributed by atoms with van der Waals surface area (Å²) in [6.07, 6.45) is 1.74. The molecule has 0 bridgehead atoms. The number of rotatable bonds is 7. The molecule has 0 saturated heterocycles. The molecule has 4 rings (SSSR count). The van der Waals surface area contributed by atoms with E-state index in [0.717, 1.165) is 15.8 Å². The molecule has 0 spiro atoms. The van der Waals surface area contributed by atoms with Crippen molar-refractivity contribution in [3.63, 3.8) is 0 Å². The maximum Gasteiger partial charge on any atom is 0.331 e. The number of thiazole rings is 1. The van der Waals surface area contributed by atoms with Crippen molar-refractivity contribution in [2.24, 2.45) is 0 Å². The predicted octanol–water partition coefficient (Wildman–Crippen LogP) is 5.55. The number of hydrogen-bond donors (Lipinski definition) is 1. The molecule has 166 valence electrons. The van der Waals surface area contributed by atoms with Crippen molar-refractivity contribution >= 4 is 45.2 Å². The molecule has 6 nitrogen and oxygen atoms in total. The largest absolute Gasteiger partial charge is 0.495 e. The number of nitrogens with zero attached hydrogens (tertiary/aromatic N) is 1. The molecule has 33 heavy (non-hydrogen) atoms. The second-order valence-electron chi connectivity index (χ2n) is 7.27. The number of carbonyl (C=O) groups excluding carboxylic acids is 2. The fraction of sp³-hybridized carbons (Fsp3) is 0.115. The monoisotopic (exact) mass is 458 g/mol. The van der Waals surface area contributed by atoms with E-state index in [1.54, 1.807) is 42.5 Å². The Labute approximate surface area is 195 Å². The Bertz CT molecular complexity index is 1280. The topological polar surface area (TPSA) is 77.5 Å². The van der Waals surface area contributed by atoms with Gasteiger partial charge in [0.15, 0.2) is 0 Å². The first-order chi connectivity index (χ1) is 16.0. The van der Waals surface area contributed by atoms with Gasteiger partial charge in [-0.05, 0) is 42.8 Å². The second-order valence-corrected chi connectivity index (χ2v) is 8.34. The Hall–Kier alpha value is -3.97. The van der Waals surface area contributed by atoms with Gasteiger partial charge in [-0.15, -0.1) is 11.3 Å². The van der Waals surface area contributed by atoms with Crippen LogP contribution in [0.3, 0.4) is 0 Å². The number of amides is 1. The van der Waals surface area contributed by atoms with E-state index in [4.69, 9.17) is 9.47 Å². The fourth-order valence-corrected chi connectivity index (χ4v) is 4.14. The molecule has 1 aromatic heterocycles. The zero-order chi connectivity index (χ0) is 23.2. The summed E-state index contributed by atoms with van der Waals surface area (Å²) in [6, 6.07) is 22.1. The van der Waals surface area contributed by atoms with Gasteiger partial charge in [0, 0.05) is 11.6 Å². The van der Waals surface area contributed by atoms with E-state index < -0.39 is 18.0 Å². The van der Waals surface area contributed by atoms with Crippen LogP contribution in [0.2, 0.25) is 0 Å². The van der Waals surface area contributed by atoms with E-state index in [9.17, 15) is 9.59 Å². The number of esters is 1. The number of para-hydroxylation sites is 1. The average Bonchev–Trinajstić information content (AvgIpc) is 3.25. The van der Waals surface area contributed by atoms with Crippen LogP contribution in [-0.2, 0) is 14.3 Å². The minimum atomic E-state index is -1.14. The van der Waals surface area contributed by atoms with Crippen LogP contribution < -0.4 is 10.1 Å². The number of methoxy groups -OCH3 is 1. The van der Waals surface area contributed by atoms with Crippen LogP contribution in [0.15, 0.2) is 78.9 Å². The number of benzene rings is 3. The van der Waals surface area contributed by atoms with Crippen molar-refractivity contribution < 1.29 is 19.1 Å². The molecule has 0 aliphatic rings. The molecule has 3 aromatic carbocycles. The highest BCUT2D eigenvalue weighted by Crippen LogP contribution is 2.28. The van der Waals surface area contributed by atoms with E-state index in [-0.39, 0.29) is 0 Å². The van der Waals surface area contributed by atoms with Crippen molar-refractivity contribution in [2.45, 2.75) is 13.0 Å². The van der Waals surface area contributed by atoms with Gasteiger partial charge in [0.2, 0.25) is 6.10 Å². The number of carbonyl (C=O) groups is 2. The van der Waals surface area contributed by atoms with Gasteiger partial charge in [0.25, 0.3) is 5.91 Å². The van der Waals surface area contributed by atoms with Crippen molar-refractivity contribution in [1.29, 1.82) is 0 Å². The predicted molar refractivity (Wildman–Crippen MR) is 130 cm³/mol. The first kappa shape index (κ1) is 22.2. The summed E-state index contributed by atoms with van der Waals surface area (Å²) in [6.45, 7) is 1.91. The highest BCUT2D eigenvalue weighted by molar-refractivity contribution is 7.19. The van der Waals surface area contributed by atoms with Crippen LogP contribution >= 0.6 is 11.3 Å². The van der Waals surface area contributed by atoms with Crippen LogP contribution in [0.5, 0.6) is 5.75 Å². The van der Waals surface area contributed by atoms with E-state index in [0.29, 0.717) is 22.0 Å². The van der Waals surface area contributed by atoms with E-state index in [1.807, 2.05) is 43.3 Å². The van der Waals surface area contributed by atoms with Crippen LogP contribution in [-0.4, -0.2) is 24.0 Å². The normalized spacial score (nSPS) is 11.9. The van der Waals surface area contributed by atoms with Gasteiger partial charge in [0.05, 0.1) is 23.0 Å². The summed E-state index contributed by atoms with van der Waals surface area (Å²) in [5.41, 5.74) is 2.88. The maximum atomic E-state index is 13.1. The standard InChI is InChI=1S/C26H22N2O4S/c1-17-12-13-21(31-2)20(16-17)28-26(30)25(18-8-4-3-5-9-18)32-24(29)15-14-23-27-19-10-6-7-11-22(19)33-23/h3-16,25H,1-2H3,(H,28,30)/b15-14+. The van der Waals surface area contributed by atoms with Gasteiger partial charge >= 0.3 is 5.97 Å². The van der Waals surface area contributed by atoms with Crippen LogP contribution in [0.4, 0.5) is 5.69 Å². The summed E-state index contributed by atoms with van der Waals surface area (Å²) < 4.78 is 11.9. The minimum absolute atomic E-state index is 0.480. The highest BCUT2D eigenvalue weighted by Gasteiger charge is 2.25. The quantitative estimate of drug-likeness (QED) is 0.290. The summed E-state index contributed by atoms with van der Waals surface area (Å²) >= 11 is 1.47. The Morgan fingerprint density at radius 1 is 1.03 bits per heavy atom. The van der Waals surface area contributed by atoms with E-state index in [1.165, 1.54) is 24.5 Å². The second kappa shape index (κ2) is 10.1. The average molecular weight is 459 g/mol. The minimum Gasteiger partial charge on any atom is -0.495 e. The van der Waals surface area contributed by atoms with Gasteiger partial charge in [-0.3, -0.25) is 4.79 Å². The molecule has 7 heteroatoms. The van der Waals surface area contributed by atoms with Gasteiger partial charge in [-0.2, -0.15) is 0 Å². The van der Waals surface area contributed by atoms with Gasteiger partial charge < -0.3 is 14.8 Å². The summed E-state index contributed by atoms with van der Waals surface area (Å²) in [4.78, 5) is 30.2. The third-order valence-electron chi connectivity index (χ3n) is 4.86. The van der Waals surface area contributed by atoms with Gasteiger partial charge in [-0.25, -0.2) is 9.78 Å². The van der Waals surface area contributed by atoms with E-state index in [2.05, 4.69) is 10.3 Å².